The lowest BCUT2D eigenvalue weighted by molar-refractivity contribution is -0.202. The number of amides is 1. The number of anilines is 3. The highest BCUT2D eigenvalue weighted by Gasteiger charge is 2.47. The number of rotatable bonds is 9. The number of alkyl halides is 2. The van der Waals surface area contributed by atoms with E-state index in [1.54, 1.807) is 6.07 Å². The molecule has 3 aliphatic rings. The standard InChI is InChI=1S/C32H35F3N8O5/c1-19(44)30(45)43-8-7-23(14-32(43,34)35)48-26-5-3-20(13-21(26)15-36)28-24(33)16-37-31(40-28)39-27-6-4-25(29(38-27)46-2)42-11-9-41(10-12-42)22-17-47-18-22/h3-6,13,16,19,22-23,44H,7-12,14,17-18H2,1-2H3,(H,37,38,39,40)/t19-,23-/m0/s1. The fourth-order valence-electron chi connectivity index (χ4n) is 5.97. The Bertz CT molecular complexity index is 1690. The van der Waals surface area contributed by atoms with Crippen molar-refractivity contribution in [2.45, 2.75) is 44.1 Å². The number of likely N-dealkylation sites (tertiary alicyclic amines) is 1. The van der Waals surface area contributed by atoms with Crippen molar-refractivity contribution in [1.29, 1.82) is 5.26 Å². The van der Waals surface area contributed by atoms with Crippen LogP contribution in [-0.2, 0) is 9.53 Å². The maximum atomic E-state index is 15.0. The van der Waals surface area contributed by atoms with E-state index in [0.29, 0.717) is 22.6 Å². The van der Waals surface area contributed by atoms with Crippen LogP contribution in [0.15, 0.2) is 36.5 Å². The van der Waals surface area contributed by atoms with Crippen LogP contribution in [0.25, 0.3) is 11.3 Å². The molecule has 3 aliphatic heterocycles. The third kappa shape index (κ3) is 6.93. The summed E-state index contributed by atoms with van der Waals surface area (Å²) in [6, 6.07) is 6.75. The van der Waals surface area contributed by atoms with Crippen LogP contribution < -0.4 is 19.7 Å². The first-order valence-corrected chi connectivity index (χ1v) is 15.6. The van der Waals surface area contributed by atoms with Gasteiger partial charge in [-0.1, -0.05) is 0 Å². The number of pyridine rings is 1. The van der Waals surface area contributed by atoms with Crippen LogP contribution in [0, 0.1) is 17.1 Å². The van der Waals surface area contributed by atoms with Gasteiger partial charge >= 0.3 is 6.05 Å². The zero-order chi connectivity index (χ0) is 34.0. The molecule has 0 aliphatic carbocycles. The number of carbonyl (C=O) groups is 1. The van der Waals surface area contributed by atoms with Gasteiger partial charge in [-0.05, 0) is 37.3 Å². The molecule has 3 fully saturated rings. The number of nitriles is 1. The van der Waals surface area contributed by atoms with Crippen molar-refractivity contribution in [2.75, 3.05) is 63.3 Å². The highest BCUT2D eigenvalue weighted by atomic mass is 19.3. The van der Waals surface area contributed by atoms with Crippen molar-refractivity contribution in [3.63, 3.8) is 0 Å². The minimum Gasteiger partial charge on any atom is -0.489 e. The fourth-order valence-corrected chi connectivity index (χ4v) is 5.97. The number of halogens is 3. The van der Waals surface area contributed by atoms with Crippen molar-refractivity contribution in [3.05, 3.63) is 47.9 Å². The van der Waals surface area contributed by atoms with E-state index in [1.807, 2.05) is 12.1 Å². The second-order valence-corrected chi connectivity index (χ2v) is 11.8. The molecule has 254 valence electrons. The highest BCUT2D eigenvalue weighted by Crippen LogP contribution is 2.36. The zero-order valence-corrected chi connectivity index (χ0v) is 26.4. The van der Waals surface area contributed by atoms with E-state index in [1.165, 1.54) is 25.3 Å². The van der Waals surface area contributed by atoms with E-state index in [9.17, 15) is 28.3 Å². The molecule has 2 aromatic heterocycles. The van der Waals surface area contributed by atoms with Gasteiger partial charge in [-0.25, -0.2) is 14.4 Å². The van der Waals surface area contributed by atoms with Gasteiger partial charge in [0.15, 0.2) is 5.82 Å². The first kappa shape index (κ1) is 33.2. The van der Waals surface area contributed by atoms with E-state index in [-0.39, 0.29) is 41.5 Å². The van der Waals surface area contributed by atoms with Crippen molar-refractivity contribution >= 4 is 23.4 Å². The third-order valence-corrected chi connectivity index (χ3v) is 8.64. The van der Waals surface area contributed by atoms with Crippen molar-refractivity contribution < 1.29 is 37.3 Å². The normalized spacial score (nSPS) is 20.4. The summed E-state index contributed by atoms with van der Waals surface area (Å²) in [5, 5.41) is 22.2. The molecule has 16 heteroatoms. The fraction of sp³-hybridized carbons (Fsp3) is 0.469. The molecule has 0 unspecified atom stereocenters. The number of carbonyl (C=O) groups excluding carboxylic acids is 1. The number of nitrogens with zero attached hydrogens (tertiary/aromatic N) is 7. The number of hydrogen-bond donors (Lipinski definition) is 2. The van der Waals surface area contributed by atoms with Gasteiger partial charge in [0.2, 0.25) is 11.8 Å². The Morgan fingerprint density at radius 2 is 1.94 bits per heavy atom. The second kappa shape index (κ2) is 13.8. The summed E-state index contributed by atoms with van der Waals surface area (Å²) in [5.41, 5.74) is 0.958. The molecule has 13 nitrogen and oxygen atoms in total. The number of benzene rings is 1. The SMILES string of the molecule is COc1nc(Nc2ncc(F)c(-c3ccc(O[C@H]4CCN(C(=O)[C@H](C)O)C(F)(F)C4)c(C#N)c3)n2)ccc1N1CCN(C2COC2)CC1. The van der Waals surface area contributed by atoms with Gasteiger partial charge in [-0.15, -0.1) is 0 Å². The molecule has 6 rings (SSSR count). The number of methoxy groups -OCH3 is 1. The molecule has 3 aromatic rings. The lowest BCUT2D eigenvalue weighted by Crippen LogP contribution is -2.56. The number of aliphatic hydroxyl groups is 1. The maximum absolute atomic E-state index is 15.0. The van der Waals surface area contributed by atoms with Crippen LogP contribution >= 0.6 is 0 Å². The van der Waals surface area contributed by atoms with Crippen LogP contribution in [0.4, 0.5) is 30.6 Å². The molecular weight excluding hydrogens is 633 g/mol. The molecule has 2 atom stereocenters. The smallest absolute Gasteiger partial charge is 0.331 e. The molecule has 0 bridgehead atoms. The summed E-state index contributed by atoms with van der Waals surface area (Å²) in [7, 11) is 1.54. The maximum Gasteiger partial charge on any atom is 0.331 e. The monoisotopic (exact) mass is 668 g/mol. The molecule has 5 heterocycles. The van der Waals surface area contributed by atoms with Crippen molar-refractivity contribution in [1.82, 2.24) is 24.8 Å². The summed E-state index contributed by atoms with van der Waals surface area (Å²) in [5.74, 6) is -0.962. The lowest BCUT2D eigenvalue weighted by atomic mass is 10.0. The molecule has 3 saturated heterocycles. The van der Waals surface area contributed by atoms with E-state index < -0.39 is 36.4 Å². The molecule has 1 aromatic carbocycles. The minimum absolute atomic E-state index is 0.0188. The van der Waals surface area contributed by atoms with Gasteiger partial charge in [0, 0.05) is 44.7 Å². The zero-order valence-electron chi connectivity index (χ0n) is 26.4. The van der Waals surface area contributed by atoms with E-state index >= 15 is 0 Å². The van der Waals surface area contributed by atoms with Gasteiger partial charge in [-0.3, -0.25) is 14.6 Å². The van der Waals surface area contributed by atoms with Crippen molar-refractivity contribution in [2.24, 2.45) is 0 Å². The number of hydrogen-bond acceptors (Lipinski definition) is 12. The second-order valence-electron chi connectivity index (χ2n) is 11.8. The van der Waals surface area contributed by atoms with Crippen LogP contribution in [0.5, 0.6) is 11.6 Å². The third-order valence-electron chi connectivity index (χ3n) is 8.64. The summed E-state index contributed by atoms with van der Waals surface area (Å²) in [6.45, 7) is 5.80. The number of aliphatic hydroxyl groups excluding tert-OH is 1. The Morgan fingerprint density at radius 1 is 1.17 bits per heavy atom. The summed E-state index contributed by atoms with van der Waals surface area (Å²) < 4.78 is 61.0. The Labute approximate surface area is 274 Å². The largest absolute Gasteiger partial charge is 0.489 e. The van der Waals surface area contributed by atoms with Crippen molar-refractivity contribution in [3.8, 4) is 29.0 Å². The first-order chi connectivity index (χ1) is 23.1. The van der Waals surface area contributed by atoms with Gasteiger partial charge in [-0.2, -0.15) is 19.0 Å². The molecule has 2 N–H and O–H groups in total. The number of ether oxygens (including phenoxy) is 3. The number of piperidine rings is 1. The van der Waals surface area contributed by atoms with Crippen LogP contribution in [0.2, 0.25) is 0 Å². The van der Waals surface area contributed by atoms with E-state index in [4.69, 9.17) is 14.2 Å². The lowest BCUT2D eigenvalue weighted by Gasteiger charge is -2.43. The van der Waals surface area contributed by atoms with Gasteiger partial charge in [0.25, 0.3) is 5.91 Å². The van der Waals surface area contributed by atoms with Crippen LogP contribution in [0.3, 0.4) is 0 Å². The Balaban J connectivity index is 1.14. The molecule has 1 amide bonds. The summed E-state index contributed by atoms with van der Waals surface area (Å²) in [6.07, 6.45) is -2.34. The quantitative estimate of drug-likeness (QED) is 0.323. The number of aromatic nitrogens is 3. The molecular formula is C32H35F3N8O5. The van der Waals surface area contributed by atoms with Crippen LogP contribution in [-0.4, -0.2) is 113 Å². The summed E-state index contributed by atoms with van der Waals surface area (Å²) >= 11 is 0. The predicted octanol–water partition coefficient (Wildman–Crippen LogP) is 3.17. The Morgan fingerprint density at radius 3 is 2.58 bits per heavy atom. The van der Waals surface area contributed by atoms with Gasteiger partial charge in [0.05, 0.1) is 44.5 Å². The first-order valence-electron chi connectivity index (χ1n) is 15.6. The molecule has 48 heavy (non-hydrogen) atoms. The predicted molar refractivity (Wildman–Crippen MR) is 167 cm³/mol. The average Bonchev–Trinajstić information content (AvgIpc) is 3.05. The molecule has 0 radical (unpaired) electrons. The van der Waals surface area contributed by atoms with Crippen LogP contribution in [0.1, 0.15) is 25.3 Å². The van der Waals surface area contributed by atoms with Gasteiger partial charge in [0.1, 0.15) is 41.2 Å². The number of piperazine rings is 1. The van der Waals surface area contributed by atoms with Gasteiger partial charge < -0.3 is 29.5 Å². The van der Waals surface area contributed by atoms with E-state index in [0.717, 1.165) is 58.2 Å². The summed E-state index contributed by atoms with van der Waals surface area (Å²) in [4.78, 5) is 29.9. The number of nitrogens with one attached hydrogen (secondary N) is 1. The highest BCUT2D eigenvalue weighted by molar-refractivity contribution is 5.80. The average molecular weight is 669 g/mol. The Kier molecular flexibility index (Phi) is 9.54. The molecule has 0 spiro atoms. The minimum atomic E-state index is -3.54. The molecule has 0 saturated carbocycles. The Hall–Kier alpha value is -4.72. The topological polar surface area (TPSA) is 149 Å². The van der Waals surface area contributed by atoms with E-state index in [2.05, 4.69) is 30.1 Å².